The van der Waals surface area contributed by atoms with Crippen molar-refractivity contribution in [1.29, 1.82) is 0 Å². The Labute approximate surface area is 160 Å². The van der Waals surface area contributed by atoms with E-state index in [1.807, 2.05) is 31.2 Å². The summed E-state index contributed by atoms with van der Waals surface area (Å²) in [5.74, 6) is 0.233. The Morgan fingerprint density at radius 3 is 2.69 bits per heavy atom. The van der Waals surface area contributed by atoms with Crippen molar-refractivity contribution < 1.29 is 9.90 Å². The Morgan fingerprint density at radius 1 is 1.19 bits per heavy atom. The van der Waals surface area contributed by atoms with Crippen LogP contribution in [0.2, 0.25) is 5.02 Å². The zero-order chi connectivity index (χ0) is 18.5. The number of anilines is 2. The first-order valence-electron chi connectivity index (χ1n) is 7.84. The van der Waals surface area contributed by atoms with Gasteiger partial charge in [0.15, 0.2) is 5.16 Å². The summed E-state index contributed by atoms with van der Waals surface area (Å²) in [6, 6.07) is 14.4. The summed E-state index contributed by atoms with van der Waals surface area (Å²) in [6.45, 7) is 1.87. The summed E-state index contributed by atoms with van der Waals surface area (Å²) in [7, 11) is 0. The van der Waals surface area contributed by atoms with Crippen LogP contribution in [0.5, 0.6) is 0 Å². The van der Waals surface area contributed by atoms with Crippen molar-refractivity contribution in [2.75, 3.05) is 5.32 Å². The zero-order valence-corrected chi connectivity index (χ0v) is 15.5. The Kier molecular flexibility index (Phi) is 5.75. The van der Waals surface area contributed by atoms with E-state index in [0.717, 1.165) is 11.1 Å². The van der Waals surface area contributed by atoms with Gasteiger partial charge in [-0.05, 0) is 30.7 Å². The highest BCUT2D eigenvalue weighted by Crippen LogP contribution is 2.27. The van der Waals surface area contributed by atoms with Crippen LogP contribution in [0.3, 0.4) is 0 Å². The van der Waals surface area contributed by atoms with Gasteiger partial charge in [-0.15, -0.1) is 0 Å². The largest absolute Gasteiger partial charge is 0.478 e. The molecule has 0 amide bonds. The first-order chi connectivity index (χ1) is 12.5. The Hall–Kier alpha value is -2.57. The lowest BCUT2D eigenvalue weighted by Gasteiger charge is -2.12. The molecule has 1 heterocycles. The average Bonchev–Trinajstić information content (AvgIpc) is 2.64. The fourth-order valence-corrected chi connectivity index (χ4v) is 3.39. The molecular formula is C19H16ClN3O2S. The van der Waals surface area contributed by atoms with Crippen LogP contribution in [0.25, 0.3) is 0 Å². The maximum atomic E-state index is 11.4. The van der Waals surface area contributed by atoms with Gasteiger partial charge < -0.3 is 10.4 Å². The third-order valence-electron chi connectivity index (χ3n) is 3.67. The number of nitrogens with zero attached hydrogens (tertiary/aromatic N) is 2. The summed E-state index contributed by atoms with van der Waals surface area (Å²) in [6.07, 6.45) is 1.72. The second kappa shape index (κ2) is 8.21. The van der Waals surface area contributed by atoms with Crippen LogP contribution in [-0.2, 0) is 5.75 Å². The van der Waals surface area contributed by atoms with Gasteiger partial charge in [0.05, 0.1) is 11.3 Å². The number of carbonyl (C=O) groups is 1. The maximum absolute atomic E-state index is 11.4. The smallest absolute Gasteiger partial charge is 0.337 e. The van der Waals surface area contributed by atoms with Crippen LogP contribution in [0.1, 0.15) is 21.5 Å². The number of para-hydroxylation sites is 1. The molecule has 3 aromatic rings. The van der Waals surface area contributed by atoms with Gasteiger partial charge in [-0.25, -0.2) is 14.8 Å². The minimum Gasteiger partial charge on any atom is -0.478 e. The third kappa shape index (κ3) is 4.33. The minimum atomic E-state index is -0.992. The number of carboxylic acid groups (broad SMARTS) is 1. The minimum absolute atomic E-state index is 0.191. The van der Waals surface area contributed by atoms with Crippen molar-refractivity contribution in [3.63, 3.8) is 0 Å². The number of halogens is 1. The second-order valence-corrected chi connectivity index (χ2v) is 6.89. The summed E-state index contributed by atoms with van der Waals surface area (Å²) in [5.41, 5.74) is 2.51. The van der Waals surface area contributed by atoms with Gasteiger partial charge in [-0.2, -0.15) is 0 Å². The van der Waals surface area contributed by atoms with Crippen LogP contribution in [0, 0.1) is 6.92 Å². The van der Waals surface area contributed by atoms with Gasteiger partial charge in [-0.3, -0.25) is 0 Å². The molecule has 7 heteroatoms. The average molecular weight is 386 g/mol. The summed E-state index contributed by atoms with van der Waals surface area (Å²) in [5, 5.41) is 13.7. The highest BCUT2D eigenvalue weighted by atomic mass is 35.5. The van der Waals surface area contributed by atoms with Crippen molar-refractivity contribution in [2.45, 2.75) is 17.8 Å². The first kappa shape index (κ1) is 18.2. The summed E-state index contributed by atoms with van der Waals surface area (Å²) in [4.78, 5) is 20.2. The predicted octanol–water partition coefficient (Wildman–Crippen LogP) is 5.17. The van der Waals surface area contributed by atoms with E-state index >= 15 is 0 Å². The van der Waals surface area contributed by atoms with E-state index in [4.69, 9.17) is 11.6 Å². The summed E-state index contributed by atoms with van der Waals surface area (Å²) >= 11 is 7.65. The number of hydrogen-bond donors (Lipinski definition) is 2. The van der Waals surface area contributed by atoms with Crippen molar-refractivity contribution in [1.82, 2.24) is 9.97 Å². The third-order valence-corrected chi connectivity index (χ3v) is 4.95. The number of hydrogen-bond acceptors (Lipinski definition) is 5. The molecule has 5 nitrogen and oxygen atoms in total. The molecule has 0 fully saturated rings. The normalized spacial score (nSPS) is 10.5. The van der Waals surface area contributed by atoms with E-state index in [2.05, 4.69) is 15.3 Å². The van der Waals surface area contributed by atoms with Crippen LogP contribution in [0.15, 0.2) is 59.9 Å². The van der Waals surface area contributed by atoms with Gasteiger partial charge in [0.1, 0.15) is 5.82 Å². The molecule has 1 aromatic heterocycles. The van der Waals surface area contributed by atoms with E-state index in [1.54, 1.807) is 30.5 Å². The van der Waals surface area contributed by atoms with Gasteiger partial charge in [0.2, 0.25) is 0 Å². The van der Waals surface area contributed by atoms with Crippen LogP contribution < -0.4 is 5.32 Å². The Bertz CT molecular complexity index is 950. The molecule has 0 aliphatic heterocycles. The fourth-order valence-electron chi connectivity index (χ4n) is 2.29. The molecule has 0 aliphatic rings. The number of aromatic nitrogens is 2. The lowest BCUT2D eigenvalue weighted by atomic mass is 10.2. The van der Waals surface area contributed by atoms with Crippen molar-refractivity contribution in [3.8, 4) is 0 Å². The van der Waals surface area contributed by atoms with Gasteiger partial charge >= 0.3 is 5.97 Å². The van der Waals surface area contributed by atoms with Crippen molar-refractivity contribution >= 4 is 40.8 Å². The standard InChI is InChI=1S/C19H16ClN3O2S/c1-12-10-21-19(26-11-13-6-2-4-8-15(13)20)23-17(12)22-16-9-5-3-7-14(16)18(24)25/h2-10H,11H2,1H3,(H,24,25)(H,21,22,23). The Balaban J connectivity index is 1.80. The van der Waals surface area contributed by atoms with E-state index in [0.29, 0.717) is 27.4 Å². The maximum Gasteiger partial charge on any atom is 0.337 e. The van der Waals surface area contributed by atoms with Gasteiger partial charge in [0, 0.05) is 22.5 Å². The zero-order valence-electron chi connectivity index (χ0n) is 13.9. The molecule has 132 valence electrons. The highest BCUT2D eigenvalue weighted by molar-refractivity contribution is 7.98. The molecule has 0 atom stereocenters. The number of rotatable bonds is 6. The van der Waals surface area contributed by atoms with Crippen LogP contribution >= 0.6 is 23.4 Å². The first-order valence-corrected chi connectivity index (χ1v) is 9.20. The van der Waals surface area contributed by atoms with Gasteiger partial charge in [-0.1, -0.05) is 53.7 Å². The summed E-state index contributed by atoms with van der Waals surface area (Å²) < 4.78 is 0. The molecule has 0 saturated carbocycles. The molecular weight excluding hydrogens is 370 g/mol. The highest BCUT2D eigenvalue weighted by Gasteiger charge is 2.12. The number of carboxylic acids is 1. The predicted molar refractivity (Wildman–Crippen MR) is 104 cm³/mol. The molecule has 2 aromatic carbocycles. The second-order valence-electron chi connectivity index (χ2n) is 5.54. The number of benzene rings is 2. The molecule has 0 unspecified atom stereocenters. The molecule has 0 spiro atoms. The molecule has 0 bridgehead atoms. The van der Waals surface area contributed by atoms with Crippen LogP contribution in [0.4, 0.5) is 11.5 Å². The molecule has 0 radical (unpaired) electrons. The van der Waals surface area contributed by atoms with E-state index in [-0.39, 0.29) is 5.56 Å². The molecule has 0 saturated heterocycles. The quantitative estimate of drug-likeness (QED) is 0.450. The number of aromatic carboxylic acids is 1. The van der Waals surface area contributed by atoms with Crippen molar-refractivity contribution in [3.05, 3.63) is 76.4 Å². The van der Waals surface area contributed by atoms with E-state index in [1.165, 1.54) is 11.8 Å². The molecule has 0 aliphatic carbocycles. The Morgan fingerprint density at radius 2 is 1.92 bits per heavy atom. The van der Waals surface area contributed by atoms with Crippen molar-refractivity contribution in [2.24, 2.45) is 0 Å². The molecule has 26 heavy (non-hydrogen) atoms. The van der Waals surface area contributed by atoms with Gasteiger partial charge in [0.25, 0.3) is 0 Å². The topological polar surface area (TPSA) is 75.1 Å². The molecule has 3 rings (SSSR count). The fraction of sp³-hybridized carbons (Fsp3) is 0.105. The number of nitrogens with one attached hydrogen (secondary N) is 1. The SMILES string of the molecule is Cc1cnc(SCc2ccccc2Cl)nc1Nc1ccccc1C(=O)O. The van der Waals surface area contributed by atoms with Crippen LogP contribution in [-0.4, -0.2) is 21.0 Å². The number of aryl methyl sites for hydroxylation is 1. The number of thioether (sulfide) groups is 1. The molecule has 2 N–H and O–H groups in total. The monoisotopic (exact) mass is 385 g/mol. The van der Waals surface area contributed by atoms with E-state index < -0.39 is 5.97 Å². The lowest BCUT2D eigenvalue weighted by molar-refractivity contribution is 0.0698. The van der Waals surface area contributed by atoms with E-state index in [9.17, 15) is 9.90 Å². The lowest BCUT2D eigenvalue weighted by Crippen LogP contribution is -2.05.